The lowest BCUT2D eigenvalue weighted by molar-refractivity contribution is 0.193. The van der Waals surface area contributed by atoms with Gasteiger partial charge in [-0.2, -0.15) is 0 Å². The highest BCUT2D eigenvalue weighted by Gasteiger charge is 2.35. The Kier molecular flexibility index (Phi) is 4.63. The summed E-state index contributed by atoms with van der Waals surface area (Å²) < 4.78 is 0. The highest BCUT2D eigenvalue weighted by atomic mass is 15.2. The van der Waals surface area contributed by atoms with E-state index >= 15 is 0 Å². The van der Waals surface area contributed by atoms with E-state index in [0.29, 0.717) is 6.04 Å². The highest BCUT2D eigenvalue weighted by Crippen LogP contribution is 2.29. The van der Waals surface area contributed by atoms with Gasteiger partial charge in [-0.25, -0.2) is 4.98 Å². The molecule has 4 nitrogen and oxygen atoms in total. The molecule has 0 aliphatic carbocycles. The molecule has 0 amide bonds. The Balaban J connectivity index is 1.63. The van der Waals surface area contributed by atoms with Crippen molar-refractivity contribution in [2.75, 3.05) is 36.4 Å². The van der Waals surface area contributed by atoms with Crippen molar-refractivity contribution in [1.82, 2.24) is 9.88 Å². The number of nitrogens with zero attached hydrogens (tertiary/aromatic N) is 3. The van der Waals surface area contributed by atoms with Gasteiger partial charge in [0.15, 0.2) is 0 Å². The van der Waals surface area contributed by atoms with Crippen LogP contribution in [0, 0.1) is 0 Å². The van der Waals surface area contributed by atoms with Crippen molar-refractivity contribution < 1.29 is 0 Å². The van der Waals surface area contributed by atoms with Crippen LogP contribution in [0.2, 0.25) is 0 Å². The van der Waals surface area contributed by atoms with Crippen LogP contribution in [0.1, 0.15) is 39.5 Å². The lowest BCUT2D eigenvalue weighted by Crippen LogP contribution is -2.41. The average molecular weight is 288 g/mol. The second-order valence-corrected chi connectivity index (χ2v) is 6.22. The van der Waals surface area contributed by atoms with Gasteiger partial charge in [-0.15, -0.1) is 0 Å². The molecule has 0 bridgehead atoms. The molecule has 2 atom stereocenters. The summed E-state index contributed by atoms with van der Waals surface area (Å²) in [5.41, 5.74) is 1.17. The minimum absolute atomic E-state index is 0.603. The predicted molar refractivity (Wildman–Crippen MR) is 89.0 cm³/mol. The van der Waals surface area contributed by atoms with Gasteiger partial charge in [0.2, 0.25) is 0 Å². The van der Waals surface area contributed by atoms with Crippen LogP contribution < -0.4 is 10.2 Å². The number of rotatable bonds is 5. The van der Waals surface area contributed by atoms with E-state index in [1.807, 2.05) is 6.20 Å². The fourth-order valence-corrected chi connectivity index (χ4v) is 3.84. The maximum Gasteiger partial charge on any atom is 0.128 e. The Hall–Kier alpha value is -1.29. The summed E-state index contributed by atoms with van der Waals surface area (Å²) in [5.74, 6) is 1.08. The third-order valence-corrected chi connectivity index (χ3v) is 5.04. The molecule has 0 aromatic carbocycles. The summed E-state index contributed by atoms with van der Waals surface area (Å²) in [4.78, 5) is 9.56. The van der Waals surface area contributed by atoms with Gasteiger partial charge >= 0.3 is 0 Å². The maximum atomic E-state index is 4.62. The number of fused-ring (bicyclic) bond motifs is 1. The topological polar surface area (TPSA) is 31.4 Å². The van der Waals surface area contributed by atoms with Crippen molar-refractivity contribution in [2.24, 2.45) is 0 Å². The largest absolute Gasteiger partial charge is 0.379 e. The summed E-state index contributed by atoms with van der Waals surface area (Å²) >= 11 is 0. The molecule has 1 N–H and O–H groups in total. The molecule has 0 radical (unpaired) electrons. The zero-order valence-corrected chi connectivity index (χ0v) is 13.4. The molecular formula is C17H28N4. The van der Waals surface area contributed by atoms with E-state index in [1.165, 1.54) is 44.5 Å². The molecule has 0 spiro atoms. The summed E-state index contributed by atoms with van der Waals surface area (Å²) in [6, 6.07) is 5.67. The number of nitrogens with one attached hydrogen (secondary N) is 1. The fourth-order valence-electron chi connectivity index (χ4n) is 3.84. The van der Waals surface area contributed by atoms with Crippen LogP contribution in [0.25, 0.3) is 0 Å². The molecule has 3 heterocycles. The van der Waals surface area contributed by atoms with E-state index in [-0.39, 0.29) is 0 Å². The maximum absolute atomic E-state index is 4.62. The summed E-state index contributed by atoms with van der Waals surface area (Å²) in [5, 5.41) is 3.72. The van der Waals surface area contributed by atoms with E-state index in [1.54, 1.807) is 0 Å². The number of hydrogen-bond donors (Lipinski definition) is 1. The minimum Gasteiger partial charge on any atom is -0.379 e. The van der Waals surface area contributed by atoms with Crippen molar-refractivity contribution in [3.63, 3.8) is 0 Å². The smallest absolute Gasteiger partial charge is 0.128 e. The van der Waals surface area contributed by atoms with Gasteiger partial charge in [-0.05, 0) is 51.8 Å². The molecule has 1 aromatic rings. The highest BCUT2D eigenvalue weighted by molar-refractivity contribution is 5.49. The predicted octanol–water partition coefficient (Wildman–Crippen LogP) is 2.97. The molecule has 4 heteroatoms. The molecule has 2 aliphatic rings. The van der Waals surface area contributed by atoms with Crippen molar-refractivity contribution in [2.45, 2.75) is 51.6 Å². The molecule has 2 unspecified atom stereocenters. The third kappa shape index (κ3) is 3.15. The Bertz CT molecular complexity index is 441. The SMILES string of the molecule is CCN(CC)c1ccc(NC2CCN3CCCCC23)cn1. The molecule has 1 aromatic heterocycles. The second kappa shape index (κ2) is 6.65. The van der Waals surface area contributed by atoms with Crippen molar-refractivity contribution in [1.29, 1.82) is 0 Å². The van der Waals surface area contributed by atoms with E-state index in [2.05, 4.69) is 46.1 Å². The number of piperidine rings is 1. The quantitative estimate of drug-likeness (QED) is 0.902. The fraction of sp³-hybridized carbons (Fsp3) is 0.706. The van der Waals surface area contributed by atoms with Crippen molar-refractivity contribution in [3.8, 4) is 0 Å². The van der Waals surface area contributed by atoms with E-state index in [9.17, 15) is 0 Å². The first-order valence-corrected chi connectivity index (χ1v) is 8.53. The summed E-state index contributed by atoms with van der Waals surface area (Å²) in [6.45, 7) is 8.92. The zero-order chi connectivity index (χ0) is 14.7. The molecule has 3 rings (SSSR count). The molecule has 2 fully saturated rings. The number of hydrogen-bond acceptors (Lipinski definition) is 4. The standard InChI is InChI=1S/C17H28N4/c1-3-20(4-2)17-9-8-14(13-18-17)19-15-10-12-21-11-6-5-7-16(15)21/h8-9,13,15-16,19H,3-7,10-12H2,1-2H3. The van der Waals surface area contributed by atoms with E-state index in [0.717, 1.165) is 24.9 Å². The first-order valence-electron chi connectivity index (χ1n) is 8.53. The second-order valence-electron chi connectivity index (χ2n) is 6.22. The lowest BCUT2D eigenvalue weighted by Gasteiger charge is -2.33. The molecular weight excluding hydrogens is 260 g/mol. The Morgan fingerprint density at radius 3 is 2.76 bits per heavy atom. The third-order valence-electron chi connectivity index (χ3n) is 5.04. The number of anilines is 2. The van der Waals surface area contributed by atoms with Gasteiger partial charge in [0.05, 0.1) is 11.9 Å². The first-order chi connectivity index (χ1) is 10.3. The van der Waals surface area contributed by atoms with Gasteiger partial charge < -0.3 is 10.2 Å². The molecule has 2 saturated heterocycles. The normalized spacial score (nSPS) is 25.6. The van der Waals surface area contributed by atoms with Crippen LogP contribution in [0.5, 0.6) is 0 Å². The van der Waals surface area contributed by atoms with Crippen LogP contribution >= 0.6 is 0 Å². The van der Waals surface area contributed by atoms with Gasteiger partial charge in [-0.3, -0.25) is 4.90 Å². The number of aromatic nitrogens is 1. The first kappa shape index (κ1) is 14.6. The van der Waals surface area contributed by atoms with Gasteiger partial charge in [0, 0.05) is 31.7 Å². The van der Waals surface area contributed by atoms with Crippen LogP contribution in [-0.2, 0) is 0 Å². The number of pyridine rings is 1. The lowest BCUT2D eigenvalue weighted by atomic mass is 9.99. The van der Waals surface area contributed by atoms with Crippen LogP contribution in [0.4, 0.5) is 11.5 Å². The van der Waals surface area contributed by atoms with E-state index < -0.39 is 0 Å². The molecule has 21 heavy (non-hydrogen) atoms. The van der Waals surface area contributed by atoms with Crippen LogP contribution in [0.3, 0.4) is 0 Å². The Morgan fingerprint density at radius 2 is 2.05 bits per heavy atom. The Morgan fingerprint density at radius 1 is 1.19 bits per heavy atom. The van der Waals surface area contributed by atoms with E-state index in [4.69, 9.17) is 0 Å². The summed E-state index contributed by atoms with van der Waals surface area (Å²) in [7, 11) is 0. The average Bonchev–Trinajstić information content (AvgIpc) is 2.93. The van der Waals surface area contributed by atoms with Gasteiger partial charge in [-0.1, -0.05) is 6.42 Å². The molecule has 0 saturated carbocycles. The van der Waals surface area contributed by atoms with Gasteiger partial charge in [0.25, 0.3) is 0 Å². The summed E-state index contributed by atoms with van der Waals surface area (Å²) in [6.07, 6.45) is 7.38. The van der Waals surface area contributed by atoms with Gasteiger partial charge in [0.1, 0.15) is 5.82 Å². The van der Waals surface area contributed by atoms with Crippen molar-refractivity contribution >= 4 is 11.5 Å². The van der Waals surface area contributed by atoms with Crippen molar-refractivity contribution in [3.05, 3.63) is 18.3 Å². The minimum atomic E-state index is 0.603. The molecule has 2 aliphatic heterocycles. The monoisotopic (exact) mass is 288 g/mol. The van der Waals surface area contributed by atoms with Crippen LogP contribution in [0.15, 0.2) is 18.3 Å². The Labute approximate surface area is 128 Å². The zero-order valence-electron chi connectivity index (χ0n) is 13.4. The van der Waals surface area contributed by atoms with Crippen LogP contribution in [-0.4, -0.2) is 48.1 Å². The molecule has 116 valence electrons.